The van der Waals surface area contributed by atoms with E-state index in [9.17, 15) is 5.21 Å². The van der Waals surface area contributed by atoms with E-state index in [1.165, 1.54) is 0 Å². The molecule has 0 radical (unpaired) electrons. The summed E-state index contributed by atoms with van der Waals surface area (Å²) < 4.78 is 2.98. The van der Waals surface area contributed by atoms with Crippen molar-refractivity contribution in [1.29, 1.82) is 0 Å². The van der Waals surface area contributed by atoms with Gasteiger partial charge >= 0.3 is 5.82 Å². The summed E-state index contributed by atoms with van der Waals surface area (Å²) >= 11 is 0. The van der Waals surface area contributed by atoms with Crippen molar-refractivity contribution >= 4 is 11.2 Å². The van der Waals surface area contributed by atoms with Gasteiger partial charge in [0.2, 0.25) is 0 Å². The number of nitrogens with zero attached hydrogens (tertiary/aromatic N) is 4. The third kappa shape index (κ3) is 0.982. The zero-order valence-corrected chi connectivity index (χ0v) is 8.74. The quantitative estimate of drug-likeness (QED) is 0.487. The molecule has 74 valence electrons. The second-order valence-electron chi connectivity index (χ2n) is 3.45. The minimum absolute atomic E-state index is 0.568. The van der Waals surface area contributed by atoms with Crippen molar-refractivity contribution < 1.29 is 9.94 Å². The van der Waals surface area contributed by atoms with E-state index in [0.29, 0.717) is 5.82 Å². The first-order chi connectivity index (χ1) is 6.52. The van der Waals surface area contributed by atoms with Crippen LogP contribution in [-0.2, 0) is 7.05 Å². The molecule has 2 aromatic heterocycles. The van der Waals surface area contributed by atoms with Crippen molar-refractivity contribution in [2.75, 3.05) is 0 Å². The molecule has 0 fully saturated rings. The Bertz CT molecular complexity index is 515. The van der Waals surface area contributed by atoms with E-state index in [0.717, 1.165) is 27.4 Å². The lowest BCUT2D eigenvalue weighted by Crippen LogP contribution is -2.38. The molecule has 0 saturated carbocycles. The summed E-state index contributed by atoms with van der Waals surface area (Å²) in [5.41, 5.74) is 2.28. The monoisotopic (exact) mass is 193 g/mol. The maximum absolute atomic E-state index is 9.61. The Morgan fingerprint density at radius 1 is 1.21 bits per heavy atom. The highest BCUT2D eigenvalue weighted by Gasteiger charge is 2.20. The molecule has 0 saturated heterocycles. The number of aromatic nitrogens is 4. The summed E-state index contributed by atoms with van der Waals surface area (Å²) in [6, 6.07) is 0. The van der Waals surface area contributed by atoms with Gasteiger partial charge in [-0.25, -0.2) is 4.98 Å². The molecule has 0 amide bonds. The third-order valence-electron chi connectivity index (χ3n) is 2.52. The first-order valence-corrected chi connectivity index (χ1v) is 4.44. The van der Waals surface area contributed by atoms with Gasteiger partial charge in [-0.05, 0) is 16.6 Å². The molecule has 0 aliphatic heterocycles. The standard InChI is InChI=1S/C9H13N4O/c1-5-8-9(11-7(3)13(5)14)12(4)6(2)10-8/h14H,1-4H3/q+1. The first kappa shape index (κ1) is 8.93. The Kier molecular flexibility index (Phi) is 1.70. The Hall–Kier alpha value is -1.65. The summed E-state index contributed by atoms with van der Waals surface area (Å²) in [6.07, 6.45) is 0. The van der Waals surface area contributed by atoms with Gasteiger partial charge in [0.25, 0.3) is 5.65 Å². The lowest BCUT2D eigenvalue weighted by atomic mass is 10.4. The van der Waals surface area contributed by atoms with Crippen molar-refractivity contribution in [3.8, 4) is 0 Å². The minimum atomic E-state index is 0.568. The van der Waals surface area contributed by atoms with Gasteiger partial charge in [0.05, 0.1) is 0 Å². The second kappa shape index (κ2) is 2.67. The highest BCUT2D eigenvalue weighted by molar-refractivity contribution is 5.72. The molecule has 2 aromatic rings. The van der Waals surface area contributed by atoms with Gasteiger partial charge in [0.15, 0.2) is 11.2 Å². The summed E-state index contributed by atoms with van der Waals surface area (Å²) in [4.78, 5) is 8.60. The van der Waals surface area contributed by atoms with E-state index in [1.54, 1.807) is 6.92 Å². The molecule has 0 spiro atoms. The van der Waals surface area contributed by atoms with Crippen LogP contribution < -0.4 is 4.73 Å². The van der Waals surface area contributed by atoms with Gasteiger partial charge in [-0.2, -0.15) is 0 Å². The van der Waals surface area contributed by atoms with E-state index < -0.39 is 0 Å². The number of fused-ring (bicyclic) bond motifs is 1. The summed E-state index contributed by atoms with van der Waals surface area (Å²) in [5, 5.41) is 9.61. The highest BCUT2D eigenvalue weighted by Crippen LogP contribution is 2.13. The SMILES string of the molecule is Cc1nc2c(C)[n+](O)c(C)nc2n1C. The van der Waals surface area contributed by atoms with Crippen LogP contribution in [0, 0.1) is 20.8 Å². The predicted octanol–water partition coefficient (Wildman–Crippen LogP) is 0.418. The van der Waals surface area contributed by atoms with Crippen LogP contribution in [-0.4, -0.2) is 19.7 Å². The molecule has 5 heteroatoms. The van der Waals surface area contributed by atoms with E-state index in [2.05, 4.69) is 9.97 Å². The molecular formula is C9H13N4O+. The van der Waals surface area contributed by atoms with Crippen LogP contribution in [0.2, 0.25) is 0 Å². The number of hydrogen-bond donors (Lipinski definition) is 1. The van der Waals surface area contributed by atoms with Gasteiger partial charge in [-0.1, -0.05) is 0 Å². The molecule has 0 aliphatic rings. The average molecular weight is 193 g/mol. The lowest BCUT2D eigenvalue weighted by Gasteiger charge is -1.96. The maximum Gasteiger partial charge on any atom is 0.336 e. The van der Waals surface area contributed by atoms with Crippen LogP contribution in [0.1, 0.15) is 17.3 Å². The Morgan fingerprint density at radius 2 is 1.86 bits per heavy atom. The number of hydrogen-bond acceptors (Lipinski definition) is 3. The van der Waals surface area contributed by atoms with Gasteiger partial charge in [-0.3, -0.25) is 4.57 Å². The van der Waals surface area contributed by atoms with Crippen molar-refractivity contribution in [1.82, 2.24) is 14.5 Å². The van der Waals surface area contributed by atoms with Crippen LogP contribution in [0.4, 0.5) is 0 Å². The van der Waals surface area contributed by atoms with E-state index in [1.807, 2.05) is 25.5 Å². The molecule has 0 aromatic carbocycles. The van der Waals surface area contributed by atoms with Crippen LogP contribution in [0.3, 0.4) is 0 Å². The van der Waals surface area contributed by atoms with Crippen LogP contribution in [0.15, 0.2) is 0 Å². The average Bonchev–Trinajstić information content (AvgIpc) is 2.42. The van der Waals surface area contributed by atoms with Crippen molar-refractivity contribution in [2.45, 2.75) is 20.8 Å². The minimum Gasteiger partial charge on any atom is -0.350 e. The maximum atomic E-state index is 9.61. The molecule has 0 atom stereocenters. The molecule has 0 bridgehead atoms. The van der Waals surface area contributed by atoms with Crippen molar-refractivity contribution in [3.05, 3.63) is 17.3 Å². The first-order valence-electron chi connectivity index (χ1n) is 4.44. The summed E-state index contributed by atoms with van der Waals surface area (Å²) in [7, 11) is 1.91. The van der Waals surface area contributed by atoms with Crippen molar-refractivity contribution in [3.63, 3.8) is 0 Å². The lowest BCUT2D eigenvalue weighted by molar-refractivity contribution is -0.913. The number of imidazole rings is 1. The van der Waals surface area contributed by atoms with Crippen molar-refractivity contribution in [2.24, 2.45) is 7.05 Å². The molecule has 5 nitrogen and oxygen atoms in total. The summed E-state index contributed by atoms with van der Waals surface area (Å²) in [5.74, 6) is 1.46. The molecule has 1 N–H and O–H groups in total. The third-order valence-corrected chi connectivity index (χ3v) is 2.52. The van der Waals surface area contributed by atoms with E-state index in [-0.39, 0.29) is 0 Å². The Labute approximate surface area is 81.6 Å². The molecule has 0 aliphatic carbocycles. The fourth-order valence-corrected chi connectivity index (χ4v) is 1.51. The topological polar surface area (TPSA) is 54.8 Å². The van der Waals surface area contributed by atoms with Gasteiger partial charge < -0.3 is 5.21 Å². The second-order valence-corrected chi connectivity index (χ2v) is 3.45. The number of rotatable bonds is 0. The van der Waals surface area contributed by atoms with Gasteiger partial charge in [0, 0.05) is 20.9 Å². The molecular weight excluding hydrogens is 180 g/mol. The van der Waals surface area contributed by atoms with Crippen LogP contribution in [0.25, 0.3) is 11.2 Å². The highest BCUT2D eigenvalue weighted by atomic mass is 16.5. The number of aryl methyl sites for hydroxylation is 4. The van der Waals surface area contributed by atoms with Crippen LogP contribution in [0.5, 0.6) is 0 Å². The van der Waals surface area contributed by atoms with E-state index >= 15 is 0 Å². The molecule has 2 rings (SSSR count). The van der Waals surface area contributed by atoms with Gasteiger partial charge in [0.1, 0.15) is 5.82 Å². The van der Waals surface area contributed by atoms with E-state index in [4.69, 9.17) is 0 Å². The zero-order valence-electron chi connectivity index (χ0n) is 8.74. The molecule has 0 unspecified atom stereocenters. The fourth-order valence-electron chi connectivity index (χ4n) is 1.51. The normalized spacial score (nSPS) is 11.1. The fraction of sp³-hybridized carbons (Fsp3) is 0.444. The predicted molar refractivity (Wildman–Crippen MR) is 50.1 cm³/mol. The molecule has 14 heavy (non-hydrogen) atoms. The Morgan fingerprint density at radius 3 is 2.50 bits per heavy atom. The largest absolute Gasteiger partial charge is 0.350 e. The smallest absolute Gasteiger partial charge is 0.336 e. The summed E-state index contributed by atoms with van der Waals surface area (Å²) in [6.45, 7) is 5.50. The zero-order chi connectivity index (χ0) is 10.5. The van der Waals surface area contributed by atoms with Crippen LogP contribution >= 0.6 is 0 Å². The van der Waals surface area contributed by atoms with Gasteiger partial charge in [-0.15, -0.1) is 0 Å². The molecule has 2 heterocycles. The Balaban J connectivity index is 2.98.